The molecule has 1 aliphatic heterocycles. The van der Waals surface area contributed by atoms with Crippen LogP contribution < -0.4 is 0 Å². The molecular formula is C24H27NO6S. The summed E-state index contributed by atoms with van der Waals surface area (Å²) in [6, 6.07) is 14.5. The largest absolute Gasteiger partial charge is 0.452 e. The zero-order chi connectivity index (χ0) is 23.3. The molecule has 8 heteroatoms. The number of hydrogen-bond donors (Lipinski definition) is 0. The lowest BCUT2D eigenvalue weighted by molar-refractivity contribution is -0.137. The molecule has 3 rings (SSSR count). The number of carbonyl (C=O) groups excluding carboxylic acids is 3. The van der Waals surface area contributed by atoms with Gasteiger partial charge in [-0.2, -0.15) is 0 Å². The first-order valence-electron chi connectivity index (χ1n) is 10.5. The Kier molecular flexibility index (Phi) is 7.45. The van der Waals surface area contributed by atoms with Gasteiger partial charge in [0.1, 0.15) is 0 Å². The van der Waals surface area contributed by atoms with Crippen LogP contribution in [0.25, 0.3) is 0 Å². The number of rotatable bonds is 8. The summed E-state index contributed by atoms with van der Waals surface area (Å²) >= 11 is 0. The van der Waals surface area contributed by atoms with E-state index in [1.54, 1.807) is 48.5 Å². The highest BCUT2D eigenvalue weighted by molar-refractivity contribution is 7.91. The van der Waals surface area contributed by atoms with Crippen LogP contribution in [0.2, 0.25) is 0 Å². The first-order valence-corrected chi connectivity index (χ1v) is 12.4. The molecule has 2 aromatic carbocycles. The number of ether oxygens (including phenoxy) is 1. The van der Waals surface area contributed by atoms with Gasteiger partial charge in [0.2, 0.25) is 0 Å². The van der Waals surface area contributed by atoms with Gasteiger partial charge in [0.15, 0.2) is 22.2 Å². The van der Waals surface area contributed by atoms with Crippen molar-refractivity contribution in [3.8, 4) is 0 Å². The lowest BCUT2D eigenvalue weighted by Gasteiger charge is -2.29. The van der Waals surface area contributed by atoms with Crippen LogP contribution in [0, 0.1) is 5.92 Å². The SMILES string of the molecule is CC(C)CN(C(=O)COC(=O)c1ccccc1C(=O)c1ccccc1)[C@H]1CCS(=O)(=O)C1. The van der Waals surface area contributed by atoms with E-state index in [1.807, 2.05) is 13.8 Å². The van der Waals surface area contributed by atoms with Crippen LogP contribution >= 0.6 is 0 Å². The van der Waals surface area contributed by atoms with Crippen molar-refractivity contribution in [3.05, 3.63) is 71.3 Å². The summed E-state index contributed by atoms with van der Waals surface area (Å²) in [6.45, 7) is 3.72. The summed E-state index contributed by atoms with van der Waals surface area (Å²) in [5, 5.41) is 0. The van der Waals surface area contributed by atoms with E-state index in [0.29, 0.717) is 18.5 Å². The fourth-order valence-electron chi connectivity index (χ4n) is 3.76. The van der Waals surface area contributed by atoms with Crippen LogP contribution in [0.1, 0.15) is 46.5 Å². The van der Waals surface area contributed by atoms with Gasteiger partial charge in [-0.25, -0.2) is 13.2 Å². The number of hydrogen-bond acceptors (Lipinski definition) is 6. The van der Waals surface area contributed by atoms with E-state index in [0.717, 1.165) is 0 Å². The van der Waals surface area contributed by atoms with Crippen molar-refractivity contribution in [1.82, 2.24) is 4.90 Å². The molecule has 170 valence electrons. The highest BCUT2D eigenvalue weighted by atomic mass is 32.2. The Morgan fingerprint density at radius 3 is 2.22 bits per heavy atom. The number of esters is 1. The second-order valence-electron chi connectivity index (χ2n) is 8.31. The molecule has 1 heterocycles. The van der Waals surface area contributed by atoms with Gasteiger partial charge in [0, 0.05) is 23.7 Å². The minimum Gasteiger partial charge on any atom is -0.452 e. The first-order chi connectivity index (χ1) is 15.2. The summed E-state index contributed by atoms with van der Waals surface area (Å²) in [4.78, 5) is 39.9. The second kappa shape index (κ2) is 10.1. The summed E-state index contributed by atoms with van der Waals surface area (Å²) in [7, 11) is -3.16. The number of ketones is 1. The maximum absolute atomic E-state index is 12.8. The normalized spacial score (nSPS) is 17.2. The smallest absolute Gasteiger partial charge is 0.339 e. The van der Waals surface area contributed by atoms with Crippen LogP contribution in [-0.4, -0.2) is 61.7 Å². The standard InChI is InChI=1S/C24H27NO6S/c1-17(2)14-25(19-12-13-32(29,30)16-19)22(26)15-31-24(28)21-11-7-6-10-20(21)23(27)18-8-4-3-5-9-18/h3-11,17,19H,12-16H2,1-2H3/t19-/m0/s1. The van der Waals surface area contributed by atoms with Crippen molar-refractivity contribution >= 4 is 27.5 Å². The fraction of sp³-hybridized carbons (Fsp3) is 0.375. The summed E-state index contributed by atoms with van der Waals surface area (Å²) in [6.07, 6.45) is 0.378. The van der Waals surface area contributed by atoms with Crippen molar-refractivity contribution in [3.63, 3.8) is 0 Å². The van der Waals surface area contributed by atoms with Crippen LogP contribution in [0.3, 0.4) is 0 Å². The zero-order valence-electron chi connectivity index (χ0n) is 18.2. The molecule has 0 N–H and O–H groups in total. The topological polar surface area (TPSA) is 97.8 Å². The van der Waals surface area contributed by atoms with E-state index < -0.39 is 34.4 Å². The lowest BCUT2D eigenvalue weighted by Crippen LogP contribution is -2.45. The molecule has 1 aliphatic rings. The minimum atomic E-state index is -3.16. The first kappa shape index (κ1) is 23.7. The number of sulfone groups is 1. The van der Waals surface area contributed by atoms with Gasteiger partial charge in [0.25, 0.3) is 5.91 Å². The molecule has 0 bridgehead atoms. The Balaban J connectivity index is 1.72. The number of carbonyl (C=O) groups is 3. The fourth-order valence-corrected chi connectivity index (χ4v) is 5.49. The van der Waals surface area contributed by atoms with Crippen LogP contribution in [0.15, 0.2) is 54.6 Å². The number of benzene rings is 2. The molecule has 0 unspecified atom stereocenters. The van der Waals surface area contributed by atoms with Crippen molar-refractivity contribution in [2.45, 2.75) is 26.3 Å². The van der Waals surface area contributed by atoms with Crippen LogP contribution in [-0.2, 0) is 19.4 Å². The maximum Gasteiger partial charge on any atom is 0.339 e. The third-order valence-corrected chi connectivity index (χ3v) is 7.04. The van der Waals surface area contributed by atoms with E-state index in [-0.39, 0.29) is 34.3 Å². The molecule has 32 heavy (non-hydrogen) atoms. The summed E-state index contributed by atoms with van der Waals surface area (Å²) in [5.74, 6) is -1.44. The predicted octanol–water partition coefficient (Wildman–Crippen LogP) is 2.75. The molecule has 0 saturated carbocycles. The molecule has 0 aromatic heterocycles. The second-order valence-corrected chi connectivity index (χ2v) is 10.5. The van der Waals surface area contributed by atoms with E-state index >= 15 is 0 Å². The summed E-state index contributed by atoms with van der Waals surface area (Å²) in [5.41, 5.74) is 0.708. The third-order valence-electron chi connectivity index (χ3n) is 5.29. The number of nitrogens with zero attached hydrogens (tertiary/aromatic N) is 1. The van der Waals surface area contributed by atoms with E-state index in [2.05, 4.69) is 0 Å². The van der Waals surface area contributed by atoms with Crippen molar-refractivity contribution in [1.29, 1.82) is 0 Å². The highest BCUT2D eigenvalue weighted by Gasteiger charge is 2.35. The average Bonchev–Trinajstić information content (AvgIpc) is 3.14. The van der Waals surface area contributed by atoms with Gasteiger partial charge in [-0.15, -0.1) is 0 Å². The van der Waals surface area contributed by atoms with Gasteiger partial charge >= 0.3 is 5.97 Å². The van der Waals surface area contributed by atoms with Crippen LogP contribution in [0.4, 0.5) is 0 Å². The maximum atomic E-state index is 12.8. The molecule has 7 nitrogen and oxygen atoms in total. The van der Waals surface area contributed by atoms with E-state index in [9.17, 15) is 22.8 Å². The van der Waals surface area contributed by atoms with Gasteiger partial charge in [-0.3, -0.25) is 9.59 Å². The Morgan fingerprint density at radius 1 is 1.00 bits per heavy atom. The minimum absolute atomic E-state index is 0.0499. The Labute approximate surface area is 188 Å². The molecule has 2 aromatic rings. The van der Waals surface area contributed by atoms with Gasteiger partial charge < -0.3 is 9.64 Å². The van der Waals surface area contributed by atoms with Gasteiger partial charge in [0.05, 0.1) is 17.1 Å². The van der Waals surface area contributed by atoms with Crippen LogP contribution in [0.5, 0.6) is 0 Å². The summed E-state index contributed by atoms with van der Waals surface area (Å²) < 4.78 is 29.0. The molecule has 0 radical (unpaired) electrons. The predicted molar refractivity (Wildman–Crippen MR) is 120 cm³/mol. The number of amides is 1. The molecule has 1 amide bonds. The zero-order valence-corrected chi connectivity index (χ0v) is 19.0. The van der Waals surface area contributed by atoms with Crippen molar-refractivity contribution in [2.24, 2.45) is 5.92 Å². The molecule has 0 spiro atoms. The van der Waals surface area contributed by atoms with Gasteiger partial charge in [-0.05, 0) is 18.4 Å². The monoisotopic (exact) mass is 457 g/mol. The molecule has 1 fully saturated rings. The lowest BCUT2D eigenvalue weighted by atomic mass is 9.98. The Bertz CT molecular complexity index is 1090. The molecule has 0 aliphatic carbocycles. The van der Waals surface area contributed by atoms with Crippen molar-refractivity contribution in [2.75, 3.05) is 24.7 Å². The molecule has 1 saturated heterocycles. The Hall–Kier alpha value is -3.00. The van der Waals surface area contributed by atoms with Crippen molar-refractivity contribution < 1.29 is 27.5 Å². The van der Waals surface area contributed by atoms with E-state index in [1.165, 1.54) is 11.0 Å². The quantitative estimate of drug-likeness (QED) is 0.447. The molecular weight excluding hydrogens is 430 g/mol. The van der Waals surface area contributed by atoms with Gasteiger partial charge in [-0.1, -0.05) is 62.4 Å². The average molecular weight is 458 g/mol. The third kappa shape index (κ3) is 5.82. The highest BCUT2D eigenvalue weighted by Crippen LogP contribution is 2.20. The molecule has 1 atom stereocenters. The Morgan fingerprint density at radius 2 is 1.62 bits per heavy atom. The van der Waals surface area contributed by atoms with E-state index in [4.69, 9.17) is 4.74 Å².